The summed E-state index contributed by atoms with van der Waals surface area (Å²) in [5.74, 6) is -2.96. The molecule has 0 saturated carbocycles. The zero-order valence-electron chi connectivity index (χ0n) is 18.8. The van der Waals surface area contributed by atoms with Crippen LogP contribution in [-0.2, 0) is 28.6 Å². The lowest BCUT2D eigenvalue weighted by atomic mass is 9.66. The van der Waals surface area contributed by atoms with E-state index < -0.39 is 41.3 Å². The van der Waals surface area contributed by atoms with E-state index in [0.717, 1.165) is 5.56 Å². The highest BCUT2D eigenvalue weighted by Crippen LogP contribution is 2.55. The predicted octanol–water partition coefficient (Wildman–Crippen LogP) is 3.08. The molecule has 3 atom stereocenters. The zero-order chi connectivity index (χ0) is 23.3. The van der Waals surface area contributed by atoms with Crippen LogP contribution >= 0.6 is 0 Å². The van der Waals surface area contributed by atoms with Gasteiger partial charge in [-0.1, -0.05) is 60.2 Å². The Kier molecular flexibility index (Phi) is 7.30. The molecule has 0 radical (unpaired) electrons. The summed E-state index contributed by atoms with van der Waals surface area (Å²) in [5.41, 5.74) is 0.476. The summed E-state index contributed by atoms with van der Waals surface area (Å²) < 4.78 is 16.0. The van der Waals surface area contributed by atoms with E-state index in [9.17, 15) is 14.4 Å². The first kappa shape index (κ1) is 23.5. The SMILES string of the molecule is CCOC(=O)C1(C(=O)OCC)[C@@H](c2ccccc2)N[C@@H](C(=O)OC)[C@@H]1c1ccc(C)cc1. The number of carbonyl (C=O) groups excluding carboxylic acids is 3. The average molecular weight is 440 g/mol. The van der Waals surface area contributed by atoms with E-state index >= 15 is 0 Å². The van der Waals surface area contributed by atoms with E-state index in [-0.39, 0.29) is 13.2 Å². The molecule has 1 heterocycles. The van der Waals surface area contributed by atoms with Crippen molar-refractivity contribution in [3.05, 3.63) is 71.3 Å². The Morgan fingerprint density at radius 2 is 1.44 bits per heavy atom. The Morgan fingerprint density at radius 3 is 1.94 bits per heavy atom. The summed E-state index contributed by atoms with van der Waals surface area (Å²) >= 11 is 0. The van der Waals surface area contributed by atoms with Crippen LogP contribution in [0.25, 0.3) is 0 Å². The molecule has 1 N–H and O–H groups in total. The van der Waals surface area contributed by atoms with E-state index in [1.165, 1.54) is 7.11 Å². The molecule has 7 nitrogen and oxygen atoms in total. The van der Waals surface area contributed by atoms with Gasteiger partial charge in [0.25, 0.3) is 0 Å². The molecule has 32 heavy (non-hydrogen) atoms. The highest BCUT2D eigenvalue weighted by atomic mass is 16.6. The van der Waals surface area contributed by atoms with Crippen molar-refractivity contribution in [3.8, 4) is 0 Å². The fourth-order valence-corrected chi connectivity index (χ4v) is 4.49. The number of aryl methyl sites for hydroxylation is 1. The molecule has 0 spiro atoms. The third-order valence-electron chi connectivity index (χ3n) is 5.88. The summed E-state index contributed by atoms with van der Waals surface area (Å²) in [4.78, 5) is 40.2. The van der Waals surface area contributed by atoms with Crippen LogP contribution < -0.4 is 5.32 Å². The maximum Gasteiger partial charge on any atom is 0.326 e. The van der Waals surface area contributed by atoms with E-state index in [2.05, 4.69) is 5.32 Å². The van der Waals surface area contributed by atoms with Crippen molar-refractivity contribution in [3.63, 3.8) is 0 Å². The summed E-state index contributed by atoms with van der Waals surface area (Å²) in [6, 6.07) is 14.6. The molecule has 1 aliphatic rings. The second-order valence-electron chi connectivity index (χ2n) is 7.71. The predicted molar refractivity (Wildman–Crippen MR) is 118 cm³/mol. The third-order valence-corrected chi connectivity index (χ3v) is 5.88. The number of esters is 3. The van der Waals surface area contributed by atoms with Crippen molar-refractivity contribution in [2.45, 2.75) is 38.8 Å². The van der Waals surface area contributed by atoms with E-state index in [1.807, 2.05) is 49.4 Å². The van der Waals surface area contributed by atoms with Gasteiger partial charge in [-0.25, -0.2) is 0 Å². The Balaban J connectivity index is 2.34. The van der Waals surface area contributed by atoms with Crippen molar-refractivity contribution in [1.82, 2.24) is 5.32 Å². The number of methoxy groups -OCH3 is 1. The second kappa shape index (κ2) is 9.96. The van der Waals surface area contributed by atoms with Gasteiger partial charge >= 0.3 is 17.9 Å². The number of hydrogen-bond acceptors (Lipinski definition) is 7. The van der Waals surface area contributed by atoms with Crippen molar-refractivity contribution in [2.24, 2.45) is 5.41 Å². The molecular formula is C25H29NO6. The maximum absolute atomic E-state index is 13.7. The van der Waals surface area contributed by atoms with Gasteiger partial charge in [0.1, 0.15) is 6.04 Å². The third kappa shape index (κ3) is 4.00. The molecule has 7 heteroatoms. The van der Waals surface area contributed by atoms with Gasteiger partial charge in [-0.05, 0) is 31.9 Å². The molecule has 1 saturated heterocycles. The number of nitrogens with one attached hydrogen (secondary N) is 1. The minimum atomic E-state index is -1.83. The lowest BCUT2D eigenvalue weighted by molar-refractivity contribution is -0.174. The maximum atomic E-state index is 13.7. The summed E-state index contributed by atoms with van der Waals surface area (Å²) in [6.45, 7) is 5.44. The zero-order valence-corrected chi connectivity index (χ0v) is 18.8. The Hall–Kier alpha value is -3.19. The lowest BCUT2D eigenvalue weighted by Gasteiger charge is -2.35. The van der Waals surface area contributed by atoms with Gasteiger partial charge < -0.3 is 14.2 Å². The van der Waals surface area contributed by atoms with E-state index in [4.69, 9.17) is 14.2 Å². The summed E-state index contributed by atoms with van der Waals surface area (Å²) in [7, 11) is 1.28. The van der Waals surface area contributed by atoms with Crippen LogP contribution in [0.3, 0.4) is 0 Å². The quantitative estimate of drug-likeness (QED) is 0.403. The minimum Gasteiger partial charge on any atom is -0.468 e. The van der Waals surface area contributed by atoms with Gasteiger partial charge in [0.05, 0.1) is 26.4 Å². The number of rotatable bonds is 7. The molecule has 2 aromatic rings. The molecular weight excluding hydrogens is 410 g/mol. The number of benzene rings is 2. The summed E-state index contributed by atoms with van der Waals surface area (Å²) in [6.07, 6.45) is 0. The highest BCUT2D eigenvalue weighted by molar-refractivity contribution is 6.04. The van der Waals surface area contributed by atoms with Gasteiger partial charge in [0.2, 0.25) is 0 Å². The second-order valence-corrected chi connectivity index (χ2v) is 7.71. The Labute approximate surface area is 188 Å². The van der Waals surface area contributed by atoms with Crippen LogP contribution in [0.15, 0.2) is 54.6 Å². The van der Waals surface area contributed by atoms with Crippen LogP contribution in [-0.4, -0.2) is 44.3 Å². The highest BCUT2D eigenvalue weighted by Gasteiger charge is 2.69. The number of ether oxygens (including phenoxy) is 3. The fourth-order valence-electron chi connectivity index (χ4n) is 4.49. The van der Waals surface area contributed by atoms with Gasteiger partial charge in [-0.2, -0.15) is 0 Å². The standard InChI is InChI=1S/C25H29NO6/c1-5-31-23(28)25(24(29)32-6-2)19(17-14-12-16(3)13-15-17)20(22(27)30-4)26-21(25)18-10-8-7-9-11-18/h7-15,19-21,26H,5-6H2,1-4H3/t19-,20+,21+/m0/s1. The average Bonchev–Trinajstić information content (AvgIpc) is 3.17. The molecule has 1 aliphatic heterocycles. The molecule has 0 aromatic heterocycles. The molecule has 0 unspecified atom stereocenters. The fraction of sp³-hybridized carbons (Fsp3) is 0.400. The van der Waals surface area contributed by atoms with Gasteiger partial charge in [0.15, 0.2) is 5.41 Å². The minimum absolute atomic E-state index is 0.0744. The summed E-state index contributed by atoms with van der Waals surface area (Å²) in [5, 5.41) is 3.21. The Bertz CT molecular complexity index is 938. The van der Waals surface area contributed by atoms with Crippen molar-refractivity contribution in [2.75, 3.05) is 20.3 Å². The van der Waals surface area contributed by atoms with E-state index in [1.54, 1.807) is 26.0 Å². The largest absolute Gasteiger partial charge is 0.468 e. The van der Waals surface area contributed by atoms with Gasteiger partial charge in [-0.3, -0.25) is 19.7 Å². The first-order valence-electron chi connectivity index (χ1n) is 10.7. The molecule has 170 valence electrons. The number of carbonyl (C=O) groups is 3. The van der Waals surface area contributed by atoms with Crippen molar-refractivity contribution >= 4 is 17.9 Å². The Morgan fingerprint density at radius 1 is 0.875 bits per heavy atom. The molecule has 0 amide bonds. The van der Waals surface area contributed by atoms with Crippen molar-refractivity contribution in [1.29, 1.82) is 0 Å². The van der Waals surface area contributed by atoms with Crippen LogP contribution in [0.4, 0.5) is 0 Å². The normalized spacial score (nSPS) is 21.6. The van der Waals surface area contributed by atoms with E-state index in [0.29, 0.717) is 11.1 Å². The van der Waals surface area contributed by atoms with Crippen molar-refractivity contribution < 1.29 is 28.6 Å². The molecule has 1 fully saturated rings. The smallest absolute Gasteiger partial charge is 0.326 e. The van der Waals surface area contributed by atoms with Gasteiger partial charge in [0, 0.05) is 5.92 Å². The number of hydrogen-bond donors (Lipinski definition) is 1. The van der Waals surface area contributed by atoms with Crippen LogP contribution in [0.5, 0.6) is 0 Å². The molecule has 0 aliphatic carbocycles. The van der Waals surface area contributed by atoms with Crippen LogP contribution in [0.2, 0.25) is 0 Å². The van der Waals surface area contributed by atoms with Gasteiger partial charge in [-0.15, -0.1) is 0 Å². The lowest BCUT2D eigenvalue weighted by Crippen LogP contribution is -2.49. The molecule has 0 bridgehead atoms. The monoisotopic (exact) mass is 439 g/mol. The molecule has 2 aromatic carbocycles. The first-order valence-corrected chi connectivity index (χ1v) is 10.7. The molecule has 3 rings (SSSR count). The van der Waals surface area contributed by atoms with Crippen LogP contribution in [0, 0.1) is 12.3 Å². The van der Waals surface area contributed by atoms with Crippen LogP contribution in [0.1, 0.15) is 42.5 Å². The topological polar surface area (TPSA) is 90.9 Å². The first-order chi connectivity index (χ1) is 15.4.